The van der Waals surface area contributed by atoms with E-state index in [-0.39, 0.29) is 11.8 Å². The zero-order valence-electron chi connectivity index (χ0n) is 6.35. The Morgan fingerprint density at radius 2 is 2.10 bits per heavy atom. The van der Waals surface area contributed by atoms with Crippen LogP contribution < -0.4 is 0 Å². The standard InChI is InChI=1S/C7H13BrO2/c1-7(2,3-4-8)5-6(9)10/h3-5H2,1-2H3,(H,9,10). The monoisotopic (exact) mass is 208 g/mol. The number of hydrogen-bond donors (Lipinski definition) is 1. The Morgan fingerprint density at radius 3 is 2.40 bits per heavy atom. The number of halogens is 1. The lowest BCUT2D eigenvalue weighted by atomic mass is 9.87. The molecule has 3 heteroatoms. The maximum Gasteiger partial charge on any atom is 0.303 e. The highest BCUT2D eigenvalue weighted by Crippen LogP contribution is 2.25. The van der Waals surface area contributed by atoms with Gasteiger partial charge in [0, 0.05) is 5.33 Å². The highest BCUT2D eigenvalue weighted by molar-refractivity contribution is 9.09. The van der Waals surface area contributed by atoms with Crippen molar-refractivity contribution in [3.63, 3.8) is 0 Å². The van der Waals surface area contributed by atoms with Crippen LogP contribution in [0.1, 0.15) is 26.7 Å². The van der Waals surface area contributed by atoms with Crippen LogP contribution in [-0.2, 0) is 4.79 Å². The van der Waals surface area contributed by atoms with E-state index in [1.54, 1.807) is 0 Å². The van der Waals surface area contributed by atoms with Gasteiger partial charge in [0.05, 0.1) is 6.42 Å². The molecule has 0 aromatic carbocycles. The minimum atomic E-state index is -0.717. The normalized spacial score (nSPS) is 11.5. The van der Waals surface area contributed by atoms with E-state index in [4.69, 9.17) is 5.11 Å². The first-order valence-corrected chi connectivity index (χ1v) is 4.38. The third kappa shape index (κ3) is 4.79. The molecule has 0 unspecified atom stereocenters. The quantitative estimate of drug-likeness (QED) is 0.721. The van der Waals surface area contributed by atoms with Gasteiger partial charge < -0.3 is 5.11 Å². The van der Waals surface area contributed by atoms with Crippen molar-refractivity contribution >= 4 is 21.9 Å². The van der Waals surface area contributed by atoms with Crippen LogP contribution >= 0.6 is 15.9 Å². The fraction of sp³-hybridized carbons (Fsp3) is 0.857. The van der Waals surface area contributed by atoms with Crippen molar-refractivity contribution in [1.82, 2.24) is 0 Å². The summed E-state index contributed by atoms with van der Waals surface area (Å²) >= 11 is 3.28. The predicted octanol–water partition coefficient (Wildman–Crippen LogP) is 2.27. The van der Waals surface area contributed by atoms with Crippen molar-refractivity contribution in [2.24, 2.45) is 5.41 Å². The first-order chi connectivity index (χ1) is 4.48. The van der Waals surface area contributed by atoms with Crippen molar-refractivity contribution in [2.75, 3.05) is 5.33 Å². The molecular weight excluding hydrogens is 196 g/mol. The summed E-state index contributed by atoms with van der Waals surface area (Å²) in [5, 5.41) is 9.33. The second-order valence-electron chi connectivity index (χ2n) is 3.17. The van der Waals surface area contributed by atoms with Gasteiger partial charge in [0.25, 0.3) is 0 Å². The minimum absolute atomic E-state index is 0.0741. The van der Waals surface area contributed by atoms with Crippen LogP contribution in [0.15, 0.2) is 0 Å². The maximum absolute atomic E-state index is 10.3. The van der Waals surface area contributed by atoms with Gasteiger partial charge in [0.1, 0.15) is 0 Å². The van der Waals surface area contributed by atoms with Crippen LogP contribution in [0, 0.1) is 5.41 Å². The molecule has 0 aromatic heterocycles. The van der Waals surface area contributed by atoms with Crippen molar-refractivity contribution in [3.8, 4) is 0 Å². The van der Waals surface area contributed by atoms with Gasteiger partial charge in [-0.05, 0) is 11.8 Å². The molecule has 0 amide bonds. The molecule has 2 nitrogen and oxygen atoms in total. The highest BCUT2D eigenvalue weighted by Gasteiger charge is 2.20. The largest absolute Gasteiger partial charge is 0.481 e. The Labute approximate surface area is 69.8 Å². The van der Waals surface area contributed by atoms with Gasteiger partial charge in [-0.2, -0.15) is 0 Å². The number of carboxylic acids is 1. The van der Waals surface area contributed by atoms with Crippen molar-refractivity contribution < 1.29 is 9.90 Å². The number of carbonyl (C=O) groups is 1. The molecule has 0 bridgehead atoms. The molecule has 0 saturated heterocycles. The van der Waals surface area contributed by atoms with Crippen LogP contribution in [0.4, 0.5) is 0 Å². The van der Waals surface area contributed by atoms with Gasteiger partial charge in [-0.1, -0.05) is 29.8 Å². The van der Waals surface area contributed by atoms with Gasteiger partial charge in [-0.25, -0.2) is 0 Å². The van der Waals surface area contributed by atoms with Crippen molar-refractivity contribution in [2.45, 2.75) is 26.7 Å². The Morgan fingerprint density at radius 1 is 1.60 bits per heavy atom. The fourth-order valence-corrected chi connectivity index (χ4v) is 1.83. The summed E-state index contributed by atoms with van der Waals surface area (Å²) in [7, 11) is 0. The van der Waals surface area contributed by atoms with E-state index in [9.17, 15) is 4.79 Å². The van der Waals surface area contributed by atoms with Gasteiger partial charge in [-0.3, -0.25) is 4.79 Å². The second-order valence-corrected chi connectivity index (χ2v) is 3.97. The van der Waals surface area contributed by atoms with Crippen LogP contribution in [0.25, 0.3) is 0 Å². The molecule has 0 aromatic rings. The van der Waals surface area contributed by atoms with E-state index in [1.807, 2.05) is 13.8 Å². The lowest BCUT2D eigenvalue weighted by molar-refractivity contribution is -0.139. The Hall–Kier alpha value is -0.0500. The number of carboxylic acid groups (broad SMARTS) is 1. The zero-order chi connectivity index (χ0) is 8.20. The van der Waals surface area contributed by atoms with E-state index in [0.717, 1.165) is 11.8 Å². The molecular formula is C7H13BrO2. The van der Waals surface area contributed by atoms with E-state index < -0.39 is 5.97 Å². The van der Waals surface area contributed by atoms with Gasteiger partial charge in [-0.15, -0.1) is 0 Å². The molecule has 0 radical (unpaired) electrons. The number of rotatable bonds is 4. The Kier molecular flexibility index (Phi) is 3.94. The Balaban J connectivity index is 3.74. The van der Waals surface area contributed by atoms with Crippen LogP contribution in [0.3, 0.4) is 0 Å². The molecule has 0 aliphatic heterocycles. The molecule has 0 saturated carbocycles. The van der Waals surface area contributed by atoms with Crippen molar-refractivity contribution in [1.29, 1.82) is 0 Å². The van der Waals surface area contributed by atoms with E-state index >= 15 is 0 Å². The number of hydrogen-bond acceptors (Lipinski definition) is 1. The summed E-state index contributed by atoms with van der Waals surface area (Å²) in [6, 6.07) is 0. The summed E-state index contributed by atoms with van der Waals surface area (Å²) < 4.78 is 0. The van der Waals surface area contributed by atoms with Gasteiger partial charge in [0.2, 0.25) is 0 Å². The third-order valence-corrected chi connectivity index (χ3v) is 1.80. The third-order valence-electron chi connectivity index (χ3n) is 1.40. The Bertz CT molecular complexity index is 121. The first-order valence-electron chi connectivity index (χ1n) is 3.26. The molecule has 0 aliphatic rings. The van der Waals surface area contributed by atoms with E-state index in [0.29, 0.717) is 0 Å². The predicted molar refractivity (Wildman–Crippen MR) is 44.4 cm³/mol. The lowest BCUT2D eigenvalue weighted by Crippen LogP contribution is -2.16. The summed E-state index contributed by atoms with van der Waals surface area (Å²) in [6.07, 6.45) is 1.15. The smallest absolute Gasteiger partial charge is 0.303 e. The number of aliphatic carboxylic acids is 1. The second kappa shape index (κ2) is 3.96. The summed E-state index contributed by atoms with van der Waals surface area (Å²) in [5.41, 5.74) is -0.0741. The maximum atomic E-state index is 10.3. The molecule has 10 heavy (non-hydrogen) atoms. The number of alkyl halides is 1. The zero-order valence-corrected chi connectivity index (χ0v) is 7.94. The summed E-state index contributed by atoms with van der Waals surface area (Å²) in [6.45, 7) is 3.92. The summed E-state index contributed by atoms with van der Waals surface area (Å²) in [4.78, 5) is 10.3. The lowest BCUT2D eigenvalue weighted by Gasteiger charge is -2.20. The molecule has 60 valence electrons. The van der Waals surface area contributed by atoms with Crippen molar-refractivity contribution in [3.05, 3.63) is 0 Å². The minimum Gasteiger partial charge on any atom is -0.481 e. The molecule has 0 atom stereocenters. The van der Waals surface area contributed by atoms with Crippen LogP contribution in [0.5, 0.6) is 0 Å². The molecule has 0 rings (SSSR count). The van der Waals surface area contributed by atoms with E-state index in [1.165, 1.54) is 0 Å². The first kappa shape index (κ1) is 9.95. The fourth-order valence-electron chi connectivity index (χ4n) is 0.754. The summed E-state index contributed by atoms with van der Waals surface area (Å²) in [5.74, 6) is -0.717. The molecule has 0 fully saturated rings. The van der Waals surface area contributed by atoms with Gasteiger partial charge >= 0.3 is 5.97 Å². The molecule has 0 heterocycles. The van der Waals surface area contributed by atoms with Crippen LogP contribution in [-0.4, -0.2) is 16.4 Å². The van der Waals surface area contributed by atoms with Gasteiger partial charge in [0.15, 0.2) is 0 Å². The van der Waals surface area contributed by atoms with E-state index in [2.05, 4.69) is 15.9 Å². The average molecular weight is 209 g/mol. The highest BCUT2D eigenvalue weighted by atomic mass is 79.9. The van der Waals surface area contributed by atoms with Crippen LogP contribution in [0.2, 0.25) is 0 Å². The average Bonchev–Trinajstić information content (AvgIpc) is 1.59. The molecule has 0 spiro atoms. The SMILES string of the molecule is CC(C)(CCBr)CC(=O)O. The molecule has 1 N–H and O–H groups in total. The topological polar surface area (TPSA) is 37.3 Å². The molecule has 0 aliphatic carbocycles.